The van der Waals surface area contributed by atoms with Crippen LogP contribution < -0.4 is 5.32 Å². The normalized spacial score (nSPS) is 25.1. The summed E-state index contributed by atoms with van der Waals surface area (Å²) in [4.78, 5) is 24.9. The summed E-state index contributed by atoms with van der Waals surface area (Å²) < 4.78 is 0. The topological polar surface area (TPSA) is 49.4 Å². The Hall–Kier alpha value is -1.06. The van der Waals surface area contributed by atoms with E-state index >= 15 is 0 Å². The second kappa shape index (κ2) is 4.64. The second-order valence-corrected chi connectivity index (χ2v) is 4.59. The van der Waals surface area contributed by atoms with Crippen molar-refractivity contribution in [2.45, 2.75) is 33.1 Å². The van der Waals surface area contributed by atoms with Crippen LogP contribution in [0.3, 0.4) is 0 Å². The average molecular weight is 212 g/mol. The zero-order valence-corrected chi connectivity index (χ0v) is 9.80. The first-order chi connectivity index (χ1) is 6.99. The lowest BCUT2D eigenvalue weighted by atomic mass is 9.88. The lowest BCUT2D eigenvalue weighted by molar-refractivity contribution is -0.140. The lowest BCUT2D eigenvalue weighted by Crippen LogP contribution is -2.41. The van der Waals surface area contributed by atoms with Crippen LogP contribution in [-0.2, 0) is 9.59 Å². The summed E-state index contributed by atoms with van der Waals surface area (Å²) in [7, 11) is 1.81. The molecule has 4 nitrogen and oxygen atoms in total. The molecule has 86 valence electrons. The van der Waals surface area contributed by atoms with Crippen LogP contribution in [0.15, 0.2) is 0 Å². The molecule has 1 heterocycles. The summed E-state index contributed by atoms with van der Waals surface area (Å²) in [6, 6.07) is 0. The van der Waals surface area contributed by atoms with Crippen molar-refractivity contribution in [1.82, 2.24) is 10.2 Å². The van der Waals surface area contributed by atoms with Crippen molar-refractivity contribution in [1.29, 1.82) is 0 Å². The first kappa shape index (κ1) is 12.0. The van der Waals surface area contributed by atoms with E-state index in [1.54, 1.807) is 4.90 Å². The molecule has 0 aromatic rings. The first-order valence-electron chi connectivity index (χ1n) is 5.52. The predicted octanol–water partition coefficient (Wildman–Crippen LogP) is 0.771. The Morgan fingerprint density at radius 3 is 2.73 bits per heavy atom. The molecule has 0 radical (unpaired) electrons. The van der Waals surface area contributed by atoms with Crippen molar-refractivity contribution < 1.29 is 9.59 Å². The van der Waals surface area contributed by atoms with Gasteiger partial charge in [0.05, 0.1) is 5.41 Å². The average Bonchev–Trinajstić information content (AvgIpc) is 2.55. The Kier molecular flexibility index (Phi) is 3.72. The van der Waals surface area contributed by atoms with Crippen molar-refractivity contribution in [3.63, 3.8) is 0 Å². The summed E-state index contributed by atoms with van der Waals surface area (Å²) in [5.74, 6) is 0.0593. The minimum atomic E-state index is -0.528. The molecule has 1 N–H and O–H groups in total. The fraction of sp³-hybridized carbons (Fsp3) is 0.818. The molecule has 0 aromatic heterocycles. The zero-order chi connectivity index (χ0) is 11.5. The van der Waals surface area contributed by atoms with Gasteiger partial charge in [0, 0.05) is 26.6 Å². The molecule has 0 saturated carbocycles. The maximum Gasteiger partial charge on any atom is 0.230 e. The molecule has 1 saturated heterocycles. The summed E-state index contributed by atoms with van der Waals surface area (Å²) >= 11 is 0. The number of carbonyl (C=O) groups excluding carboxylic acids is 2. The van der Waals surface area contributed by atoms with Crippen molar-refractivity contribution in [3.05, 3.63) is 0 Å². The smallest absolute Gasteiger partial charge is 0.230 e. The molecule has 0 aliphatic carbocycles. The van der Waals surface area contributed by atoms with E-state index in [0.717, 1.165) is 19.4 Å². The Bertz CT molecular complexity index is 265. The fourth-order valence-electron chi connectivity index (χ4n) is 1.88. The molecule has 1 aliphatic heterocycles. The fourth-order valence-corrected chi connectivity index (χ4v) is 1.88. The number of hydrogen-bond acceptors (Lipinski definition) is 2. The van der Waals surface area contributed by atoms with Gasteiger partial charge < -0.3 is 10.2 Å². The number of carbonyl (C=O) groups is 2. The zero-order valence-electron chi connectivity index (χ0n) is 9.80. The third-order valence-electron chi connectivity index (χ3n) is 2.94. The van der Waals surface area contributed by atoms with Crippen molar-refractivity contribution >= 4 is 11.8 Å². The number of amides is 2. The Balaban J connectivity index is 2.55. The van der Waals surface area contributed by atoms with Gasteiger partial charge in [0.15, 0.2) is 0 Å². The maximum absolute atomic E-state index is 12.1. The molecule has 15 heavy (non-hydrogen) atoms. The van der Waals surface area contributed by atoms with Crippen LogP contribution in [0.25, 0.3) is 0 Å². The van der Waals surface area contributed by atoms with Crippen LogP contribution in [0.2, 0.25) is 0 Å². The van der Waals surface area contributed by atoms with Crippen LogP contribution in [-0.4, -0.2) is 36.9 Å². The number of unbranched alkanes of at least 4 members (excludes halogenated alkanes) is 1. The Morgan fingerprint density at radius 1 is 1.60 bits per heavy atom. The minimum absolute atomic E-state index is 0.0188. The van der Waals surface area contributed by atoms with Gasteiger partial charge in [-0.15, -0.1) is 0 Å². The van der Waals surface area contributed by atoms with E-state index in [1.165, 1.54) is 0 Å². The third kappa shape index (κ3) is 2.70. The Labute approximate surface area is 91.0 Å². The summed E-state index contributed by atoms with van der Waals surface area (Å²) in [6.45, 7) is 5.20. The van der Waals surface area contributed by atoms with E-state index in [1.807, 2.05) is 14.0 Å². The largest absolute Gasteiger partial charge is 0.355 e. The predicted molar refractivity (Wildman–Crippen MR) is 58.3 cm³/mol. The van der Waals surface area contributed by atoms with Gasteiger partial charge >= 0.3 is 0 Å². The van der Waals surface area contributed by atoms with Gasteiger partial charge in [-0.25, -0.2) is 0 Å². The van der Waals surface area contributed by atoms with Gasteiger partial charge in [-0.05, 0) is 13.3 Å². The molecule has 1 fully saturated rings. The molecule has 0 spiro atoms. The highest BCUT2D eigenvalue weighted by Crippen LogP contribution is 2.27. The molecule has 1 aliphatic rings. The molecule has 1 rings (SSSR count). The lowest BCUT2D eigenvalue weighted by Gasteiger charge is -2.27. The van der Waals surface area contributed by atoms with E-state index in [4.69, 9.17) is 0 Å². The minimum Gasteiger partial charge on any atom is -0.355 e. The van der Waals surface area contributed by atoms with E-state index in [9.17, 15) is 9.59 Å². The summed E-state index contributed by atoms with van der Waals surface area (Å²) in [6.07, 6.45) is 2.41. The number of rotatable bonds is 4. The van der Waals surface area contributed by atoms with Gasteiger partial charge in [-0.1, -0.05) is 13.3 Å². The highest BCUT2D eigenvalue weighted by atomic mass is 16.2. The monoisotopic (exact) mass is 212 g/mol. The van der Waals surface area contributed by atoms with Crippen molar-refractivity contribution in [3.8, 4) is 0 Å². The van der Waals surface area contributed by atoms with Crippen LogP contribution in [0.4, 0.5) is 0 Å². The number of nitrogens with one attached hydrogen (secondary N) is 1. The molecule has 0 bridgehead atoms. The number of hydrogen-bond donors (Lipinski definition) is 1. The van der Waals surface area contributed by atoms with Crippen molar-refractivity contribution in [2.75, 3.05) is 20.1 Å². The Morgan fingerprint density at radius 2 is 2.27 bits per heavy atom. The van der Waals surface area contributed by atoms with Crippen LogP contribution in [0.5, 0.6) is 0 Å². The second-order valence-electron chi connectivity index (χ2n) is 4.59. The molecule has 4 heteroatoms. The van der Waals surface area contributed by atoms with Gasteiger partial charge in [0.1, 0.15) is 0 Å². The molecular formula is C11H20N2O2. The van der Waals surface area contributed by atoms with E-state index in [-0.39, 0.29) is 11.8 Å². The van der Waals surface area contributed by atoms with Crippen LogP contribution in [0, 0.1) is 5.41 Å². The third-order valence-corrected chi connectivity index (χ3v) is 2.94. The SMILES string of the molecule is CCCCN(C)C(=O)C1(C)CNC(=O)C1. The van der Waals surface area contributed by atoms with Gasteiger partial charge in [-0.3, -0.25) is 9.59 Å². The molecular weight excluding hydrogens is 192 g/mol. The quantitative estimate of drug-likeness (QED) is 0.748. The molecule has 1 unspecified atom stereocenters. The highest BCUT2D eigenvalue weighted by Gasteiger charge is 2.41. The van der Waals surface area contributed by atoms with E-state index < -0.39 is 5.41 Å². The standard InChI is InChI=1S/C11H20N2O2/c1-4-5-6-13(3)10(15)11(2)7-9(14)12-8-11/h4-8H2,1-3H3,(H,12,14). The highest BCUT2D eigenvalue weighted by molar-refractivity contribution is 5.92. The summed E-state index contributed by atoms with van der Waals surface area (Å²) in [5, 5.41) is 2.72. The molecule has 0 aromatic carbocycles. The van der Waals surface area contributed by atoms with E-state index in [2.05, 4.69) is 12.2 Å². The van der Waals surface area contributed by atoms with Gasteiger partial charge in [-0.2, -0.15) is 0 Å². The summed E-state index contributed by atoms with van der Waals surface area (Å²) in [5.41, 5.74) is -0.528. The van der Waals surface area contributed by atoms with Crippen LogP contribution in [0.1, 0.15) is 33.1 Å². The van der Waals surface area contributed by atoms with Gasteiger partial charge in [0.2, 0.25) is 11.8 Å². The van der Waals surface area contributed by atoms with Gasteiger partial charge in [0.25, 0.3) is 0 Å². The van der Waals surface area contributed by atoms with E-state index in [0.29, 0.717) is 13.0 Å². The van der Waals surface area contributed by atoms with Crippen molar-refractivity contribution in [2.24, 2.45) is 5.41 Å². The van der Waals surface area contributed by atoms with Crippen LogP contribution >= 0.6 is 0 Å². The first-order valence-corrected chi connectivity index (χ1v) is 5.52. The molecule has 2 amide bonds. The molecule has 1 atom stereocenters. The number of nitrogens with zero attached hydrogens (tertiary/aromatic N) is 1. The maximum atomic E-state index is 12.1.